The van der Waals surface area contributed by atoms with Crippen LogP contribution in [0, 0.1) is 0 Å². The molecule has 0 aliphatic heterocycles. The van der Waals surface area contributed by atoms with Crippen LogP contribution in [-0.2, 0) is 0 Å². The summed E-state index contributed by atoms with van der Waals surface area (Å²) < 4.78 is 0. The average molecular weight is 637 g/mol. The molecule has 0 saturated carbocycles. The van der Waals surface area contributed by atoms with E-state index in [2.05, 4.69) is 194 Å². The van der Waals surface area contributed by atoms with Crippen molar-refractivity contribution >= 4 is 21.5 Å². The Morgan fingerprint density at radius 1 is 0.240 bits per heavy atom. The average Bonchev–Trinajstić information content (AvgIpc) is 3.21. The predicted octanol–water partition coefficient (Wildman–Crippen LogP) is 12.8. The van der Waals surface area contributed by atoms with Gasteiger partial charge in [0, 0.05) is 22.3 Å². The molecule has 0 N–H and O–H groups in total. The van der Waals surface area contributed by atoms with Gasteiger partial charge in [0.1, 0.15) is 0 Å². The Balaban J connectivity index is 1.22. The zero-order valence-electron chi connectivity index (χ0n) is 27.4. The Morgan fingerprint density at radius 3 is 1.08 bits per heavy atom. The summed E-state index contributed by atoms with van der Waals surface area (Å²) in [7, 11) is 0. The Bertz CT molecular complexity index is 2450. The van der Waals surface area contributed by atoms with Crippen molar-refractivity contribution in [3.63, 3.8) is 0 Å². The molecular weight excluding hydrogens is 605 g/mol. The van der Waals surface area contributed by atoms with Crippen LogP contribution in [0.5, 0.6) is 0 Å². The summed E-state index contributed by atoms with van der Waals surface area (Å²) in [5.41, 5.74) is 12.6. The molecule has 2 aromatic heterocycles. The SMILES string of the molecule is c1ccc(-c2cc(-c3cccc(-c4cc(-c5ccccc5)cc(-c5cccc6ccccc56)n4)c3)nc(-c3cccc4ccccc34)c2)cc1. The van der Waals surface area contributed by atoms with Gasteiger partial charge in [0.2, 0.25) is 0 Å². The molecule has 0 amide bonds. The van der Waals surface area contributed by atoms with Crippen molar-refractivity contribution < 1.29 is 0 Å². The summed E-state index contributed by atoms with van der Waals surface area (Å²) >= 11 is 0. The van der Waals surface area contributed by atoms with Crippen LogP contribution in [0.3, 0.4) is 0 Å². The van der Waals surface area contributed by atoms with Gasteiger partial charge in [0.25, 0.3) is 0 Å². The molecule has 2 nitrogen and oxygen atoms in total. The van der Waals surface area contributed by atoms with Gasteiger partial charge in [-0.2, -0.15) is 0 Å². The van der Waals surface area contributed by atoms with Crippen LogP contribution in [0.4, 0.5) is 0 Å². The first kappa shape index (κ1) is 29.5. The number of pyridine rings is 2. The topological polar surface area (TPSA) is 25.8 Å². The lowest BCUT2D eigenvalue weighted by atomic mass is 9.95. The van der Waals surface area contributed by atoms with Gasteiger partial charge in [-0.3, -0.25) is 0 Å². The third-order valence-corrected chi connectivity index (χ3v) is 9.45. The quantitative estimate of drug-likeness (QED) is 0.181. The molecule has 9 aromatic rings. The molecule has 0 bridgehead atoms. The number of rotatable bonds is 6. The fourth-order valence-electron chi connectivity index (χ4n) is 6.96. The third-order valence-electron chi connectivity index (χ3n) is 9.45. The molecule has 0 spiro atoms. The largest absolute Gasteiger partial charge is 0.248 e. The lowest BCUT2D eigenvalue weighted by Gasteiger charge is -2.14. The summed E-state index contributed by atoms with van der Waals surface area (Å²) in [4.78, 5) is 10.7. The highest BCUT2D eigenvalue weighted by molar-refractivity contribution is 5.98. The van der Waals surface area contributed by atoms with E-state index >= 15 is 0 Å². The second-order valence-corrected chi connectivity index (χ2v) is 12.6. The van der Waals surface area contributed by atoms with E-state index in [-0.39, 0.29) is 0 Å². The second kappa shape index (κ2) is 12.8. The third kappa shape index (κ3) is 5.63. The summed E-state index contributed by atoms with van der Waals surface area (Å²) in [6, 6.07) is 68.6. The molecule has 0 saturated heterocycles. The van der Waals surface area contributed by atoms with E-state index in [1.54, 1.807) is 0 Å². The number of aromatic nitrogens is 2. The van der Waals surface area contributed by atoms with E-state index in [9.17, 15) is 0 Å². The van der Waals surface area contributed by atoms with Crippen molar-refractivity contribution in [2.75, 3.05) is 0 Å². The van der Waals surface area contributed by atoms with Crippen molar-refractivity contribution in [2.45, 2.75) is 0 Å². The summed E-state index contributed by atoms with van der Waals surface area (Å²) in [6.07, 6.45) is 0. The smallest absolute Gasteiger partial charge is 0.0721 e. The predicted molar refractivity (Wildman–Crippen MR) is 210 cm³/mol. The lowest BCUT2D eigenvalue weighted by molar-refractivity contribution is 1.31. The van der Waals surface area contributed by atoms with Gasteiger partial charge < -0.3 is 0 Å². The number of hydrogen-bond donors (Lipinski definition) is 0. The maximum Gasteiger partial charge on any atom is 0.0721 e. The second-order valence-electron chi connectivity index (χ2n) is 12.6. The highest BCUT2D eigenvalue weighted by atomic mass is 14.7. The van der Waals surface area contributed by atoms with E-state index in [0.29, 0.717) is 0 Å². The van der Waals surface area contributed by atoms with Gasteiger partial charge >= 0.3 is 0 Å². The summed E-state index contributed by atoms with van der Waals surface area (Å²) in [5, 5.41) is 4.78. The molecule has 0 radical (unpaired) electrons. The molecule has 0 aliphatic rings. The van der Waals surface area contributed by atoms with Crippen molar-refractivity contribution in [3.8, 4) is 67.3 Å². The zero-order valence-corrected chi connectivity index (χ0v) is 27.4. The van der Waals surface area contributed by atoms with Crippen molar-refractivity contribution in [1.29, 1.82) is 0 Å². The van der Waals surface area contributed by atoms with Crippen LogP contribution >= 0.6 is 0 Å². The normalized spacial score (nSPS) is 11.2. The zero-order chi connectivity index (χ0) is 33.3. The first-order valence-corrected chi connectivity index (χ1v) is 17.0. The van der Waals surface area contributed by atoms with Crippen LogP contribution in [-0.4, -0.2) is 9.97 Å². The number of fused-ring (bicyclic) bond motifs is 2. The van der Waals surface area contributed by atoms with Crippen molar-refractivity contribution in [3.05, 3.63) is 194 Å². The Morgan fingerprint density at radius 2 is 0.600 bits per heavy atom. The van der Waals surface area contributed by atoms with Gasteiger partial charge in [0.15, 0.2) is 0 Å². The highest BCUT2D eigenvalue weighted by Gasteiger charge is 2.15. The molecule has 0 fully saturated rings. The molecule has 50 heavy (non-hydrogen) atoms. The molecule has 0 atom stereocenters. The molecule has 9 rings (SSSR count). The minimum absolute atomic E-state index is 0.921. The number of nitrogens with zero attached hydrogens (tertiary/aromatic N) is 2. The van der Waals surface area contributed by atoms with Gasteiger partial charge in [-0.1, -0.05) is 164 Å². The van der Waals surface area contributed by atoms with Gasteiger partial charge in [-0.15, -0.1) is 0 Å². The maximum absolute atomic E-state index is 5.33. The van der Waals surface area contributed by atoms with Crippen LogP contribution in [0.15, 0.2) is 194 Å². The molecule has 7 aromatic carbocycles. The number of hydrogen-bond acceptors (Lipinski definition) is 2. The van der Waals surface area contributed by atoms with E-state index in [0.717, 1.165) is 67.3 Å². The van der Waals surface area contributed by atoms with Crippen LogP contribution in [0.25, 0.3) is 88.8 Å². The standard InChI is InChI=1S/C48H32N2/c1-3-14-33(15-4-1)39-29-45(49-47(31-39)43-26-12-20-35-18-7-9-24-41(35)43)37-22-11-23-38(28-37)46-30-40(34-16-5-2-6-17-34)32-48(50-46)44-27-13-21-36-19-8-10-25-42(36)44/h1-32H. The van der Waals surface area contributed by atoms with E-state index in [1.807, 2.05) is 0 Å². The fourth-order valence-corrected chi connectivity index (χ4v) is 6.96. The molecule has 2 heterocycles. The maximum atomic E-state index is 5.33. The van der Waals surface area contributed by atoms with Gasteiger partial charge in [-0.25, -0.2) is 9.97 Å². The summed E-state index contributed by atoms with van der Waals surface area (Å²) in [6.45, 7) is 0. The summed E-state index contributed by atoms with van der Waals surface area (Å²) in [5.74, 6) is 0. The Kier molecular flexibility index (Phi) is 7.53. The monoisotopic (exact) mass is 636 g/mol. The van der Waals surface area contributed by atoms with Crippen LogP contribution in [0.1, 0.15) is 0 Å². The molecule has 0 unspecified atom stereocenters. The molecular formula is C48H32N2. The minimum atomic E-state index is 0.921. The Hall–Kier alpha value is -6.64. The fraction of sp³-hybridized carbons (Fsp3) is 0. The number of benzene rings is 7. The molecule has 0 aliphatic carbocycles. The van der Waals surface area contributed by atoms with Gasteiger partial charge in [-0.05, 0) is 74.1 Å². The molecule has 234 valence electrons. The van der Waals surface area contributed by atoms with E-state index in [4.69, 9.17) is 9.97 Å². The van der Waals surface area contributed by atoms with Crippen molar-refractivity contribution in [2.24, 2.45) is 0 Å². The lowest BCUT2D eigenvalue weighted by Crippen LogP contribution is -1.94. The first-order valence-electron chi connectivity index (χ1n) is 17.0. The highest BCUT2D eigenvalue weighted by Crippen LogP contribution is 2.37. The van der Waals surface area contributed by atoms with E-state index < -0.39 is 0 Å². The molecule has 2 heteroatoms. The van der Waals surface area contributed by atoms with E-state index in [1.165, 1.54) is 21.5 Å². The van der Waals surface area contributed by atoms with Crippen LogP contribution < -0.4 is 0 Å². The van der Waals surface area contributed by atoms with Crippen molar-refractivity contribution in [1.82, 2.24) is 9.97 Å². The Labute approximate surface area is 292 Å². The first-order chi connectivity index (χ1) is 24.8. The minimum Gasteiger partial charge on any atom is -0.248 e. The van der Waals surface area contributed by atoms with Gasteiger partial charge in [0.05, 0.1) is 22.8 Å². The van der Waals surface area contributed by atoms with Crippen LogP contribution in [0.2, 0.25) is 0 Å².